The first-order chi connectivity index (χ1) is 11.8. The van der Waals surface area contributed by atoms with Crippen LogP contribution in [0.15, 0.2) is 25.3 Å². The zero-order valence-electron chi connectivity index (χ0n) is 14.9. The van der Waals surface area contributed by atoms with Crippen molar-refractivity contribution in [3.63, 3.8) is 0 Å². The SMILES string of the molecule is C=CCC(=O)OC[C@H]1C[C@H](OC)C(OC(=O)C=C)[C@H]2OC(C)(C)O[C@@H]12. The van der Waals surface area contributed by atoms with E-state index in [1.54, 1.807) is 21.0 Å². The summed E-state index contributed by atoms with van der Waals surface area (Å²) in [6, 6.07) is 0. The van der Waals surface area contributed by atoms with Gasteiger partial charge in [0.1, 0.15) is 6.10 Å². The fraction of sp³-hybridized carbons (Fsp3) is 0.667. The van der Waals surface area contributed by atoms with E-state index in [4.69, 9.17) is 23.7 Å². The van der Waals surface area contributed by atoms with Gasteiger partial charge in [-0.05, 0) is 20.3 Å². The Labute approximate surface area is 147 Å². The van der Waals surface area contributed by atoms with Crippen LogP contribution in [0.1, 0.15) is 26.7 Å². The van der Waals surface area contributed by atoms with Crippen molar-refractivity contribution in [1.82, 2.24) is 0 Å². The van der Waals surface area contributed by atoms with E-state index in [0.29, 0.717) is 6.42 Å². The first kappa shape index (κ1) is 19.6. The number of esters is 2. The van der Waals surface area contributed by atoms with Gasteiger partial charge < -0.3 is 23.7 Å². The smallest absolute Gasteiger partial charge is 0.330 e. The van der Waals surface area contributed by atoms with Crippen LogP contribution in [0.25, 0.3) is 0 Å². The molecule has 1 unspecified atom stereocenters. The molecule has 0 radical (unpaired) electrons. The zero-order valence-corrected chi connectivity index (χ0v) is 14.9. The van der Waals surface area contributed by atoms with Crippen molar-refractivity contribution in [3.05, 3.63) is 25.3 Å². The molecule has 0 aromatic rings. The van der Waals surface area contributed by atoms with E-state index in [0.717, 1.165) is 6.08 Å². The summed E-state index contributed by atoms with van der Waals surface area (Å²) in [6.45, 7) is 10.7. The maximum atomic E-state index is 11.7. The molecule has 2 aliphatic rings. The maximum Gasteiger partial charge on any atom is 0.330 e. The third-order valence-corrected chi connectivity index (χ3v) is 4.34. The largest absolute Gasteiger partial charge is 0.465 e. The number of hydrogen-bond acceptors (Lipinski definition) is 7. The fourth-order valence-corrected chi connectivity index (χ4v) is 3.31. The summed E-state index contributed by atoms with van der Waals surface area (Å²) in [6.07, 6.45) is 1.35. The van der Waals surface area contributed by atoms with Crippen LogP contribution in [-0.4, -0.2) is 55.9 Å². The Kier molecular flexibility index (Phi) is 6.37. The Morgan fingerprint density at radius 2 is 1.92 bits per heavy atom. The van der Waals surface area contributed by atoms with Gasteiger partial charge in [-0.2, -0.15) is 0 Å². The van der Waals surface area contributed by atoms with E-state index in [-0.39, 0.29) is 31.0 Å². The fourth-order valence-electron chi connectivity index (χ4n) is 3.31. The average molecular weight is 354 g/mol. The van der Waals surface area contributed by atoms with Crippen molar-refractivity contribution < 1.29 is 33.3 Å². The van der Waals surface area contributed by atoms with Gasteiger partial charge in [-0.3, -0.25) is 4.79 Å². The molecular weight excluding hydrogens is 328 g/mol. The summed E-state index contributed by atoms with van der Waals surface area (Å²) in [5.74, 6) is -1.86. The minimum absolute atomic E-state index is 0.135. The van der Waals surface area contributed by atoms with Crippen LogP contribution in [-0.2, 0) is 33.3 Å². The van der Waals surface area contributed by atoms with Crippen LogP contribution in [0.4, 0.5) is 0 Å². The molecule has 25 heavy (non-hydrogen) atoms. The third-order valence-electron chi connectivity index (χ3n) is 4.34. The van der Waals surface area contributed by atoms with Crippen LogP contribution in [0, 0.1) is 5.92 Å². The highest BCUT2D eigenvalue weighted by molar-refractivity contribution is 5.81. The molecule has 2 fully saturated rings. The highest BCUT2D eigenvalue weighted by atomic mass is 16.8. The predicted octanol–water partition coefficient (Wildman–Crippen LogP) is 1.76. The molecule has 0 bridgehead atoms. The van der Waals surface area contributed by atoms with Gasteiger partial charge in [-0.25, -0.2) is 4.79 Å². The second kappa shape index (κ2) is 8.12. The Bertz CT molecular complexity index is 528. The van der Waals surface area contributed by atoms with Gasteiger partial charge in [-0.15, -0.1) is 6.58 Å². The normalized spacial score (nSPS) is 33.2. The first-order valence-electron chi connectivity index (χ1n) is 8.29. The van der Waals surface area contributed by atoms with Crippen molar-refractivity contribution in [2.75, 3.05) is 13.7 Å². The summed E-state index contributed by atoms with van der Waals surface area (Å²) >= 11 is 0. The van der Waals surface area contributed by atoms with Gasteiger partial charge in [0, 0.05) is 19.1 Å². The number of carbonyl (C=O) groups is 2. The predicted molar refractivity (Wildman–Crippen MR) is 88.6 cm³/mol. The summed E-state index contributed by atoms with van der Waals surface area (Å²) in [5.41, 5.74) is 0. The highest BCUT2D eigenvalue weighted by Gasteiger charge is 2.56. The molecule has 1 heterocycles. The van der Waals surface area contributed by atoms with Crippen molar-refractivity contribution in [3.8, 4) is 0 Å². The molecule has 0 aromatic carbocycles. The average Bonchev–Trinajstić information content (AvgIpc) is 2.89. The number of ether oxygens (including phenoxy) is 5. The van der Waals surface area contributed by atoms with Crippen molar-refractivity contribution >= 4 is 11.9 Å². The molecule has 7 nitrogen and oxygen atoms in total. The van der Waals surface area contributed by atoms with Gasteiger partial charge >= 0.3 is 11.9 Å². The van der Waals surface area contributed by atoms with Crippen molar-refractivity contribution in [1.29, 1.82) is 0 Å². The second-order valence-electron chi connectivity index (χ2n) is 6.62. The first-order valence-corrected chi connectivity index (χ1v) is 8.29. The van der Waals surface area contributed by atoms with E-state index in [1.165, 1.54) is 6.08 Å². The molecule has 0 amide bonds. The molecule has 2 rings (SSSR count). The summed E-state index contributed by atoms with van der Waals surface area (Å²) in [5, 5.41) is 0. The van der Waals surface area contributed by atoms with Crippen LogP contribution in [0.3, 0.4) is 0 Å². The molecule has 7 heteroatoms. The summed E-state index contributed by atoms with van der Waals surface area (Å²) in [7, 11) is 1.54. The van der Waals surface area contributed by atoms with E-state index in [1.807, 2.05) is 0 Å². The lowest BCUT2D eigenvalue weighted by Crippen LogP contribution is -2.55. The van der Waals surface area contributed by atoms with Crippen LogP contribution < -0.4 is 0 Å². The third kappa shape index (κ3) is 4.68. The second-order valence-corrected chi connectivity index (χ2v) is 6.62. The Balaban J connectivity index is 2.16. The lowest BCUT2D eigenvalue weighted by molar-refractivity contribution is -0.183. The van der Waals surface area contributed by atoms with Gasteiger partial charge in [0.05, 0.1) is 25.2 Å². The monoisotopic (exact) mass is 354 g/mol. The lowest BCUT2D eigenvalue weighted by atomic mass is 9.81. The molecular formula is C18H26O7. The lowest BCUT2D eigenvalue weighted by Gasteiger charge is -2.40. The Hall–Kier alpha value is -1.70. The van der Waals surface area contributed by atoms with Crippen LogP contribution in [0.5, 0.6) is 0 Å². The van der Waals surface area contributed by atoms with Gasteiger partial charge in [0.15, 0.2) is 11.9 Å². The molecule has 1 aliphatic heterocycles. The molecule has 0 N–H and O–H groups in total. The number of carbonyl (C=O) groups excluding carboxylic acids is 2. The summed E-state index contributed by atoms with van der Waals surface area (Å²) < 4.78 is 28.2. The minimum Gasteiger partial charge on any atom is -0.465 e. The standard InChI is InChI=1S/C18H26O7/c1-6-8-14(20)22-10-11-9-12(21-5)16(23-13(19)7-2)17-15(11)24-18(3,4)25-17/h6-7,11-12,15-17H,1-2,8-10H2,3-5H3/t11-,12+,15+,16?,17+/m1/s1. The molecule has 1 saturated heterocycles. The Morgan fingerprint density at radius 3 is 2.52 bits per heavy atom. The van der Waals surface area contributed by atoms with E-state index in [9.17, 15) is 9.59 Å². The van der Waals surface area contributed by atoms with Crippen LogP contribution >= 0.6 is 0 Å². The van der Waals surface area contributed by atoms with Crippen LogP contribution in [0.2, 0.25) is 0 Å². The minimum atomic E-state index is -0.833. The summed E-state index contributed by atoms with van der Waals surface area (Å²) in [4.78, 5) is 23.3. The number of rotatable bonds is 7. The van der Waals surface area contributed by atoms with Gasteiger partial charge in [-0.1, -0.05) is 12.7 Å². The molecule has 0 spiro atoms. The molecule has 0 aromatic heterocycles. The molecule has 5 atom stereocenters. The maximum absolute atomic E-state index is 11.7. The molecule has 1 aliphatic carbocycles. The number of hydrogen-bond donors (Lipinski definition) is 0. The topological polar surface area (TPSA) is 80.3 Å². The van der Waals surface area contributed by atoms with Gasteiger partial charge in [0.2, 0.25) is 0 Å². The number of methoxy groups -OCH3 is 1. The quantitative estimate of drug-likeness (QED) is 0.391. The van der Waals surface area contributed by atoms with Gasteiger partial charge in [0.25, 0.3) is 0 Å². The number of fused-ring (bicyclic) bond motifs is 1. The van der Waals surface area contributed by atoms with E-state index < -0.39 is 30.1 Å². The van der Waals surface area contributed by atoms with E-state index >= 15 is 0 Å². The molecule has 1 saturated carbocycles. The molecule has 140 valence electrons. The highest BCUT2D eigenvalue weighted by Crippen LogP contribution is 2.42. The van der Waals surface area contributed by atoms with Crippen molar-refractivity contribution in [2.24, 2.45) is 5.92 Å². The van der Waals surface area contributed by atoms with E-state index in [2.05, 4.69) is 13.2 Å². The van der Waals surface area contributed by atoms with Crippen molar-refractivity contribution in [2.45, 2.75) is 56.9 Å². The zero-order chi connectivity index (χ0) is 18.6. The Morgan fingerprint density at radius 1 is 1.24 bits per heavy atom.